The summed E-state index contributed by atoms with van der Waals surface area (Å²) in [5.74, 6) is 1.97. The van der Waals surface area contributed by atoms with Gasteiger partial charge >= 0.3 is 0 Å². The Hall–Kier alpha value is -1.22. The summed E-state index contributed by atoms with van der Waals surface area (Å²) < 4.78 is 11.4. The van der Waals surface area contributed by atoms with E-state index >= 15 is 0 Å². The van der Waals surface area contributed by atoms with Crippen LogP contribution in [-0.2, 0) is 0 Å². The number of nitrogens with two attached hydrogens (primary N) is 1. The van der Waals surface area contributed by atoms with Gasteiger partial charge in [-0.25, -0.2) is 0 Å². The molecule has 1 aromatic carbocycles. The predicted octanol–water partition coefficient (Wildman–Crippen LogP) is 1.42. The van der Waals surface area contributed by atoms with Crippen LogP contribution in [0.1, 0.15) is 6.92 Å². The van der Waals surface area contributed by atoms with Crippen LogP contribution in [0, 0.1) is 5.92 Å². The second kappa shape index (κ2) is 3.88. The Labute approximate surface area is 83.8 Å². The molecule has 1 aliphatic rings. The molecular weight excluding hydrogens is 178 g/mol. The van der Waals surface area contributed by atoms with E-state index in [1.165, 1.54) is 0 Å². The first-order valence-corrected chi connectivity index (χ1v) is 4.90. The number of fused-ring (bicyclic) bond motifs is 1. The molecule has 1 aromatic rings. The Morgan fingerprint density at radius 3 is 2.86 bits per heavy atom. The number of hydrogen-bond acceptors (Lipinski definition) is 3. The number of rotatable bonds is 2. The van der Waals surface area contributed by atoms with E-state index in [4.69, 9.17) is 15.2 Å². The standard InChI is InChI=1S/C11H15NO2/c1-8(6-12)11-7-13-9-4-2-3-5-10(9)14-11/h2-5,8,11H,6-7,12H2,1H3/t8-,11?/m1/s1. The fourth-order valence-electron chi connectivity index (χ4n) is 1.47. The Morgan fingerprint density at radius 1 is 1.43 bits per heavy atom. The summed E-state index contributed by atoms with van der Waals surface area (Å²) in [6.45, 7) is 3.29. The summed E-state index contributed by atoms with van der Waals surface area (Å²) in [5, 5.41) is 0. The third-order valence-corrected chi connectivity index (χ3v) is 2.54. The van der Waals surface area contributed by atoms with Gasteiger partial charge in [0.2, 0.25) is 0 Å². The highest BCUT2D eigenvalue weighted by Crippen LogP contribution is 2.32. The highest BCUT2D eigenvalue weighted by atomic mass is 16.6. The summed E-state index contributed by atoms with van der Waals surface area (Å²) in [6, 6.07) is 7.72. The SMILES string of the molecule is C[C@H](CN)C1COc2ccccc2O1. The van der Waals surface area contributed by atoms with Crippen molar-refractivity contribution in [3.05, 3.63) is 24.3 Å². The Bertz CT molecular complexity index is 314. The Balaban J connectivity index is 2.13. The zero-order chi connectivity index (χ0) is 9.97. The molecule has 14 heavy (non-hydrogen) atoms. The topological polar surface area (TPSA) is 44.5 Å². The van der Waals surface area contributed by atoms with E-state index in [9.17, 15) is 0 Å². The smallest absolute Gasteiger partial charge is 0.161 e. The number of ether oxygens (including phenoxy) is 2. The highest BCUT2D eigenvalue weighted by molar-refractivity contribution is 5.40. The molecule has 3 heteroatoms. The third-order valence-electron chi connectivity index (χ3n) is 2.54. The molecule has 0 radical (unpaired) electrons. The van der Waals surface area contributed by atoms with Gasteiger partial charge in [-0.05, 0) is 18.7 Å². The summed E-state index contributed by atoms with van der Waals surface area (Å²) >= 11 is 0. The lowest BCUT2D eigenvalue weighted by Gasteiger charge is -2.29. The lowest BCUT2D eigenvalue weighted by Crippen LogP contribution is -2.38. The number of para-hydroxylation sites is 2. The molecule has 2 rings (SSSR count). The number of hydrogen-bond donors (Lipinski definition) is 1. The van der Waals surface area contributed by atoms with Crippen LogP contribution < -0.4 is 15.2 Å². The minimum atomic E-state index is 0.0786. The van der Waals surface area contributed by atoms with Gasteiger partial charge in [-0.3, -0.25) is 0 Å². The first kappa shape index (κ1) is 9.34. The van der Waals surface area contributed by atoms with Gasteiger partial charge in [0.1, 0.15) is 12.7 Å². The van der Waals surface area contributed by atoms with Gasteiger partial charge in [-0.15, -0.1) is 0 Å². The minimum Gasteiger partial charge on any atom is -0.486 e. The first-order chi connectivity index (χ1) is 6.81. The first-order valence-electron chi connectivity index (χ1n) is 4.90. The Kier molecular flexibility index (Phi) is 2.59. The van der Waals surface area contributed by atoms with E-state index in [0.29, 0.717) is 19.1 Å². The lowest BCUT2D eigenvalue weighted by atomic mass is 10.1. The number of benzene rings is 1. The molecule has 0 saturated carbocycles. The molecule has 0 aliphatic carbocycles. The zero-order valence-electron chi connectivity index (χ0n) is 8.27. The molecule has 0 fully saturated rings. The van der Waals surface area contributed by atoms with Gasteiger partial charge in [0.25, 0.3) is 0 Å². The monoisotopic (exact) mass is 193 g/mol. The van der Waals surface area contributed by atoms with E-state index in [1.807, 2.05) is 24.3 Å². The van der Waals surface area contributed by atoms with E-state index in [-0.39, 0.29) is 6.10 Å². The lowest BCUT2D eigenvalue weighted by molar-refractivity contribution is 0.0561. The quantitative estimate of drug-likeness (QED) is 0.772. The van der Waals surface area contributed by atoms with Gasteiger partial charge in [-0.2, -0.15) is 0 Å². The average molecular weight is 193 g/mol. The van der Waals surface area contributed by atoms with Crippen molar-refractivity contribution < 1.29 is 9.47 Å². The average Bonchev–Trinajstić information content (AvgIpc) is 2.27. The minimum absolute atomic E-state index is 0.0786. The van der Waals surface area contributed by atoms with Crippen LogP contribution in [0.3, 0.4) is 0 Å². The van der Waals surface area contributed by atoms with Crippen molar-refractivity contribution in [2.75, 3.05) is 13.2 Å². The van der Waals surface area contributed by atoms with Crippen molar-refractivity contribution >= 4 is 0 Å². The van der Waals surface area contributed by atoms with Gasteiger partial charge < -0.3 is 15.2 Å². The Morgan fingerprint density at radius 2 is 2.14 bits per heavy atom. The molecule has 0 bridgehead atoms. The normalized spacial score (nSPS) is 21.7. The van der Waals surface area contributed by atoms with Gasteiger partial charge in [-0.1, -0.05) is 19.1 Å². The maximum absolute atomic E-state index is 5.78. The molecule has 1 aliphatic heterocycles. The van der Waals surface area contributed by atoms with Crippen LogP contribution in [0.25, 0.3) is 0 Å². The molecule has 2 atom stereocenters. The molecule has 76 valence electrons. The van der Waals surface area contributed by atoms with Crippen LogP contribution >= 0.6 is 0 Å². The van der Waals surface area contributed by atoms with Crippen molar-refractivity contribution in [1.29, 1.82) is 0 Å². The summed E-state index contributed by atoms with van der Waals surface area (Å²) in [4.78, 5) is 0. The molecule has 1 heterocycles. The van der Waals surface area contributed by atoms with E-state index in [2.05, 4.69) is 6.92 Å². The van der Waals surface area contributed by atoms with Gasteiger partial charge in [0.15, 0.2) is 11.5 Å². The molecule has 2 N–H and O–H groups in total. The molecule has 0 spiro atoms. The summed E-state index contributed by atoms with van der Waals surface area (Å²) in [6.07, 6.45) is 0.0786. The molecule has 0 saturated heterocycles. The van der Waals surface area contributed by atoms with Crippen molar-refractivity contribution in [3.8, 4) is 11.5 Å². The zero-order valence-corrected chi connectivity index (χ0v) is 8.27. The predicted molar refractivity (Wildman–Crippen MR) is 54.6 cm³/mol. The fraction of sp³-hybridized carbons (Fsp3) is 0.455. The molecule has 1 unspecified atom stereocenters. The largest absolute Gasteiger partial charge is 0.486 e. The second-order valence-corrected chi connectivity index (χ2v) is 3.63. The molecular formula is C11H15NO2. The van der Waals surface area contributed by atoms with E-state index in [1.54, 1.807) is 0 Å². The summed E-state index contributed by atoms with van der Waals surface area (Å²) in [5.41, 5.74) is 5.59. The van der Waals surface area contributed by atoms with Crippen LogP contribution in [-0.4, -0.2) is 19.3 Å². The maximum Gasteiger partial charge on any atom is 0.161 e. The van der Waals surface area contributed by atoms with Crippen LogP contribution in [0.15, 0.2) is 24.3 Å². The highest BCUT2D eigenvalue weighted by Gasteiger charge is 2.24. The van der Waals surface area contributed by atoms with Crippen molar-refractivity contribution in [1.82, 2.24) is 0 Å². The van der Waals surface area contributed by atoms with E-state index < -0.39 is 0 Å². The van der Waals surface area contributed by atoms with Crippen molar-refractivity contribution in [2.45, 2.75) is 13.0 Å². The van der Waals surface area contributed by atoms with Crippen molar-refractivity contribution in [2.24, 2.45) is 11.7 Å². The van der Waals surface area contributed by atoms with Crippen molar-refractivity contribution in [3.63, 3.8) is 0 Å². The molecule has 0 amide bonds. The van der Waals surface area contributed by atoms with Crippen LogP contribution in [0.4, 0.5) is 0 Å². The summed E-state index contributed by atoms with van der Waals surface area (Å²) in [7, 11) is 0. The van der Waals surface area contributed by atoms with Crippen LogP contribution in [0.5, 0.6) is 11.5 Å². The molecule has 3 nitrogen and oxygen atoms in total. The van der Waals surface area contributed by atoms with Gasteiger partial charge in [0, 0.05) is 5.92 Å². The second-order valence-electron chi connectivity index (χ2n) is 3.63. The van der Waals surface area contributed by atoms with E-state index in [0.717, 1.165) is 11.5 Å². The fourth-order valence-corrected chi connectivity index (χ4v) is 1.47. The van der Waals surface area contributed by atoms with Crippen LogP contribution in [0.2, 0.25) is 0 Å². The van der Waals surface area contributed by atoms with Gasteiger partial charge in [0.05, 0.1) is 0 Å². The third kappa shape index (κ3) is 1.68. The maximum atomic E-state index is 5.78. The molecule has 0 aromatic heterocycles.